The molecule has 0 bridgehead atoms. The fourth-order valence-corrected chi connectivity index (χ4v) is 3.61. The Morgan fingerprint density at radius 2 is 1.92 bits per heavy atom. The Morgan fingerprint density at radius 3 is 2.67 bits per heavy atom. The third-order valence-corrected chi connectivity index (χ3v) is 5.24. The van der Waals surface area contributed by atoms with E-state index in [0.717, 1.165) is 16.5 Å². The topological polar surface area (TPSA) is 102 Å². The van der Waals surface area contributed by atoms with E-state index in [1.54, 1.807) is 47.6 Å². The summed E-state index contributed by atoms with van der Waals surface area (Å²) in [6.45, 7) is 1.95. The van der Waals surface area contributed by atoms with E-state index in [4.69, 9.17) is 4.74 Å². The molecule has 0 fully saturated rings. The van der Waals surface area contributed by atoms with Gasteiger partial charge in [-0.05, 0) is 37.9 Å². The highest BCUT2D eigenvalue weighted by atomic mass is 19.1. The molecule has 1 amide bonds. The first-order valence-electron chi connectivity index (χ1n) is 11.1. The molecule has 4 heterocycles. The molecule has 36 heavy (non-hydrogen) atoms. The van der Waals surface area contributed by atoms with E-state index >= 15 is 0 Å². The number of anilines is 1. The van der Waals surface area contributed by atoms with E-state index in [2.05, 4.69) is 20.3 Å². The van der Waals surface area contributed by atoms with Crippen molar-refractivity contribution in [1.82, 2.24) is 24.4 Å². The molecule has 184 valence electrons. The van der Waals surface area contributed by atoms with Gasteiger partial charge in [-0.1, -0.05) is 6.08 Å². The normalized spacial score (nSPS) is 11.4. The third-order valence-electron chi connectivity index (χ3n) is 5.24. The molecule has 0 spiro atoms. The zero-order valence-electron chi connectivity index (χ0n) is 20.1. The van der Waals surface area contributed by atoms with Crippen LogP contribution in [0, 0.1) is 5.95 Å². The minimum Gasteiger partial charge on any atom is -0.444 e. The molecule has 0 aliphatic heterocycles. The fraction of sp³-hybridized carbons (Fsp3) is 0.192. The molecule has 4 aromatic rings. The van der Waals surface area contributed by atoms with E-state index in [9.17, 15) is 14.0 Å². The van der Waals surface area contributed by atoms with Gasteiger partial charge in [0, 0.05) is 72.5 Å². The quantitative estimate of drug-likeness (QED) is 0.228. The van der Waals surface area contributed by atoms with Gasteiger partial charge in [0.1, 0.15) is 5.65 Å². The molecule has 1 N–H and O–H groups in total. The van der Waals surface area contributed by atoms with Gasteiger partial charge in [-0.15, -0.1) is 0 Å². The Kier molecular flexibility index (Phi) is 7.45. The summed E-state index contributed by atoms with van der Waals surface area (Å²) in [5.74, 6) is -1.29. The zero-order chi connectivity index (χ0) is 25.7. The Bertz CT molecular complexity index is 1450. The lowest BCUT2D eigenvalue weighted by Gasteiger charge is -2.08. The summed E-state index contributed by atoms with van der Waals surface area (Å²) >= 11 is 0. The number of carbonyl (C=O) groups is 2. The first-order chi connectivity index (χ1) is 17.3. The molecule has 0 saturated heterocycles. The van der Waals surface area contributed by atoms with Gasteiger partial charge in [0.05, 0.1) is 11.9 Å². The van der Waals surface area contributed by atoms with Crippen LogP contribution in [-0.2, 0) is 21.1 Å². The second kappa shape index (κ2) is 10.9. The summed E-state index contributed by atoms with van der Waals surface area (Å²) in [4.78, 5) is 38.0. The summed E-state index contributed by atoms with van der Waals surface area (Å²) < 4.78 is 20.7. The second-order valence-corrected chi connectivity index (χ2v) is 8.36. The van der Waals surface area contributed by atoms with E-state index in [-0.39, 0.29) is 12.6 Å². The minimum atomic E-state index is -0.607. The maximum Gasteiger partial charge on any atom is 0.304 e. The largest absolute Gasteiger partial charge is 0.444 e. The zero-order valence-corrected chi connectivity index (χ0v) is 20.1. The Balaban J connectivity index is 1.69. The maximum atomic E-state index is 13.9. The predicted octanol–water partition coefficient (Wildman–Crippen LogP) is 3.88. The van der Waals surface area contributed by atoms with Crippen molar-refractivity contribution >= 4 is 28.6 Å². The van der Waals surface area contributed by atoms with Crippen LogP contribution in [0.1, 0.15) is 6.92 Å². The van der Waals surface area contributed by atoms with Crippen molar-refractivity contribution in [2.75, 3.05) is 26.0 Å². The third kappa shape index (κ3) is 5.97. The van der Waals surface area contributed by atoms with Crippen LogP contribution in [-0.4, -0.2) is 56.9 Å². The predicted molar refractivity (Wildman–Crippen MR) is 134 cm³/mol. The number of carbonyl (C=O) groups excluding carboxylic acids is 2. The standard InChI is InChI=1S/C26H25FN6O3/c1-17(34)36-16-33-15-23(18-6-7-29-24(27)11-18)22-10-20(13-30-26(22)33)19-9-21(14-28-12-19)31-25(35)5-4-8-32(2)3/h4-7,9-15H,8,16H2,1-3H3,(H,31,35)/b5-4+. The number of aromatic nitrogens is 4. The smallest absolute Gasteiger partial charge is 0.304 e. The summed E-state index contributed by atoms with van der Waals surface area (Å²) in [6.07, 6.45) is 11.3. The first kappa shape index (κ1) is 24.7. The highest BCUT2D eigenvalue weighted by Crippen LogP contribution is 2.33. The van der Waals surface area contributed by atoms with Crippen molar-refractivity contribution in [3.05, 3.63) is 73.3 Å². The molecular formula is C26H25FN6O3. The summed E-state index contributed by atoms with van der Waals surface area (Å²) in [6, 6.07) is 6.73. The number of pyridine rings is 3. The van der Waals surface area contributed by atoms with Gasteiger partial charge in [-0.25, -0.2) is 9.97 Å². The average molecular weight is 489 g/mol. The Labute approximate surface area is 207 Å². The SMILES string of the molecule is CC(=O)OCn1cc(-c2ccnc(F)c2)c2cc(-c3cncc(NC(=O)/C=C/CN(C)C)c3)cnc21. The van der Waals surface area contributed by atoms with Gasteiger partial charge in [0.2, 0.25) is 11.9 Å². The van der Waals surface area contributed by atoms with Gasteiger partial charge in [-0.2, -0.15) is 4.39 Å². The number of halogens is 1. The molecule has 0 aliphatic carbocycles. The number of nitrogens with zero attached hydrogens (tertiary/aromatic N) is 5. The van der Waals surface area contributed by atoms with Gasteiger partial charge in [0.15, 0.2) is 6.73 Å². The van der Waals surface area contributed by atoms with Gasteiger partial charge < -0.3 is 15.0 Å². The average Bonchev–Trinajstić information content (AvgIpc) is 3.20. The molecule has 4 aromatic heterocycles. The van der Waals surface area contributed by atoms with Crippen LogP contribution in [0.3, 0.4) is 0 Å². The number of amides is 1. The summed E-state index contributed by atoms with van der Waals surface area (Å²) in [7, 11) is 3.84. The van der Waals surface area contributed by atoms with Crippen molar-refractivity contribution < 1.29 is 18.7 Å². The van der Waals surface area contributed by atoms with Crippen molar-refractivity contribution in [2.45, 2.75) is 13.7 Å². The Hall–Kier alpha value is -4.44. The minimum absolute atomic E-state index is 0.0316. The first-order valence-corrected chi connectivity index (χ1v) is 11.1. The molecule has 0 radical (unpaired) electrons. The number of fused-ring (bicyclic) bond motifs is 1. The number of likely N-dealkylation sites (N-methyl/N-ethyl adjacent to an activating group) is 1. The molecule has 4 rings (SSSR count). The lowest BCUT2D eigenvalue weighted by Crippen LogP contribution is -2.13. The van der Waals surface area contributed by atoms with Gasteiger partial charge >= 0.3 is 5.97 Å². The van der Waals surface area contributed by atoms with E-state index in [0.29, 0.717) is 29.0 Å². The van der Waals surface area contributed by atoms with E-state index < -0.39 is 11.9 Å². The number of hydrogen-bond acceptors (Lipinski definition) is 7. The number of nitrogens with one attached hydrogen (secondary N) is 1. The van der Waals surface area contributed by atoms with Crippen molar-refractivity contribution in [3.63, 3.8) is 0 Å². The van der Waals surface area contributed by atoms with Crippen molar-refractivity contribution in [3.8, 4) is 22.3 Å². The Morgan fingerprint density at radius 1 is 1.11 bits per heavy atom. The molecule has 9 nitrogen and oxygen atoms in total. The summed E-state index contributed by atoms with van der Waals surface area (Å²) in [5, 5.41) is 3.54. The molecular weight excluding hydrogens is 463 g/mol. The monoisotopic (exact) mass is 488 g/mol. The maximum absolute atomic E-state index is 13.9. The van der Waals surface area contributed by atoms with Crippen molar-refractivity contribution in [2.24, 2.45) is 0 Å². The summed E-state index contributed by atoms with van der Waals surface area (Å²) in [5.41, 5.74) is 3.90. The number of esters is 1. The molecule has 0 unspecified atom stereocenters. The van der Waals surface area contributed by atoms with E-state index in [1.165, 1.54) is 25.3 Å². The molecule has 0 aromatic carbocycles. The number of hydrogen-bond donors (Lipinski definition) is 1. The van der Waals surface area contributed by atoms with Gasteiger partial charge in [-0.3, -0.25) is 19.1 Å². The van der Waals surface area contributed by atoms with Crippen LogP contribution in [0.25, 0.3) is 33.3 Å². The van der Waals surface area contributed by atoms with Crippen LogP contribution in [0.4, 0.5) is 10.1 Å². The molecule has 0 aliphatic rings. The lowest BCUT2D eigenvalue weighted by atomic mass is 10.0. The fourth-order valence-electron chi connectivity index (χ4n) is 3.61. The van der Waals surface area contributed by atoms with Crippen LogP contribution in [0.15, 0.2) is 67.4 Å². The molecule has 0 atom stereocenters. The van der Waals surface area contributed by atoms with Crippen LogP contribution in [0.5, 0.6) is 0 Å². The second-order valence-electron chi connectivity index (χ2n) is 8.36. The number of ether oxygens (including phenoxy) is 1. The highest BCUT2D eigenvalue weighted by Gasteiger charge is 2.15. The van der Waals surface area contributed by atoms with Crippen molar-refractivity contribution in [1.29, 1.82) is 0 Å². The highest BCUT2D eigenvalue weighted by molar-refractivity contribution is 6.00. The molecule has 10 heteroatoms. The van der Waals surface area contributed by atoms with E-state index in [1.807, 2.05) is 25.1 Å². The number of rotatable bonds is 8. The van der Waals surface area contributed by atoms with Crippen LogP contribution >= 0.6 is 0 Å². The lowest BCUT2D eigenvalue weighted by molar-refractivity contribution is -0.144. The van der Waals surface area contributed by atoms with Gasteiger partial charge in [0.25, 0.3) is 0 Å². The van der Waals surface area contributed by atoms with Crippen LogP contribution in [0.2, 0.25) is 0 Å². The molecule has 0 saturated carbocycles. The van der Waals surface area contributed by atoms with Crippen LogP contribution < -0.4 is 5.32 Å².